The number of pyridine rings is 1. The summed E-state index contributed by atoms with van der Waals surface area (Å²) < 4.78 is 0. The van der Waals surface area contributed by atoms with Crippen LogP contribution in [0.4, 0.5) is 0 Å². The van der Waals surface area contributed by atoms with E-state index in [9.17, 15) is 0 Å². The molecule has 1 aromatic heterocycles. The maximum Gasteiger partial charge on any atom is 0.0375 e. The van der Waals surface area contributed by atoms with Crippen molar-refractivity contribution >= 4 is 0 Å². The number of hydrogen-bond acceptors (Lipinski definition) is 1. The van der Waals surface area contributed by atoms with Crippen LogP contribution in [-0.4, -0.2) is 4.98 Å². The van der Waals surface area contributed by atoms with Crippen molar-refractivity contribution in [2.45, 2.75) is 46.5 Å². The van der Waals surface area contributed by atoms with Gasteiger partial charge in [0.05, 0.1) is 0 Å². The molecule has 72 valence electrons. The first kappa shape index (κ1) is 10.2. The summed E-state index contributed by atoms with van der Waals surface area (Å²) in [7, 11) is 0. The van der Waals surface area contributed by atoms with Crippen LogP contribution in [0.5, 0.6) is 0 Å². The molecule has 0 bridgehead atoms. The van der Waals surface area contributed by atoms with Gasteiger partial charge in [0.2, 0.25) is 0 Å². The summed E-state index contributed by atoms with van der Waals surface area (Å²) in [6.45, 7) is 6.50. The topological polar surface area (TPSA) is 12.9 Å². The van der Waals surface area contributed by atoms with E-state index in [-0.39, 0.29) is 0 Å². The molecule has 1 rings (SSSR count). The predicted molar refractivity (Wildman–Crippen MR) is 57.0 cm³/mol. The number of hydrogen-bond donors (Lipinski definition) is 0. The Bertz CT molecular complexity index is 266. The molecule has 0 atom stereocenters. The van der Waals surface area contributed by atoms with E-state index in [2.05, 4.69) is 31.8 Å². The maximum atomic E-state index is 4.34. The summed E-state index contributed by atoms with van der Waals surface area (Å²) >= 11 is 0. The van der Waals surface area contributed by atoms with Crippen LogP contribution in [0, 0.1) is 6.92 Å². The van der Waals surface area contributed by atoms with Gasteiger partial charge in [-0.25, -0.2) is 0 Å². The molecule has 1 nitrogen and oxygen atoms in total. The van der Waals surface area contributed by atoms with E-state index >= 15 is 0 Å². The Morgan fingerprint density at radius 1 is 1.23 bits per heavy atom. The molecule has 0 aromatic carbocycles. The lowest BCUT2D eigenvalue weighted by atomic mass is 10.0. The molecule has 1 heterocycles. The van der Waals surface area contributed by atoms with Gasteiger partial charge < -0.3 is 0 Å². The van der Waals surface area contributed by atoms with Crippen LogP contribution < -0.4 is 0 Å². The van der Waals surface area contributed by atoms with Crippen LogP contribution in [0.15, 0.2) is 12.3 Å². The molecular weight excluding hydrogens is 158 g/mol. The van der Waals surface area contributed by atoms with Gasteiger partial charge in [-0.15, -0.1) is 0 Å². The van der Waals surface area contributed by atoms with Crippen molar-refractivity contribution in [3.8, 4) is 0 Å². The molecule has 1 heteroatoms. The minimum absolute atomic E-state index is 1.13. The molecule has 0 aliphatic heterocycles. The van der Waals surface area contributed by atoms with E-state index in [0.717, 1.165) is 12.1 Å². The summed E-state index contributed by atoms with van der Waals surface area (Å²) in [6, 6.07) is 2.21. The third kappa shape index (κ3) is 2.83. The van der Waals surface area contributed by atoms with Crippen molar-refractivity contribution in [1.29, 1.82) is 0 Å². The second-order valence-corrected chi connectivity index (χ2v) is 3.55. The van der Waals surface area contributed by atoms with Crippen molar-refractivity contribution in [1.82, 2.24) is 4.98 Å². The highest BCUT2D eigenvalue weighted by molar-refractivity contribution is 5.26. The van der Waals surface area contributed by atoms with E-state index < -0.39 is 0 Å². The van der Waals surface area contributed by atoms with Gasteiger partial charge in [0.15, 0.2) is 0 Å². The van der Waals surface area contributed by atoms with Gasteiger partial charge in [-0.3, -0.25) is 4.98 Å². The average Bonchev–Trinajstić information content (AvgIpc) is 2.16. The molecule has 1 aromatic rings. The average molecular weight is 177 g/mol. The monoisotopic (exact) mass is 177 g/mol. The zero-order valence-electron chi connectivity index (χ0n) is 8.93. The normalized spacial score (nSPS) is 10.4. The smallest absolute Gasteiger partial charge is 0.0375 e. The van der Waals surface area contributed by atoms with Crippen LogP contribution in [0.1, 0.15) is 43.5 Å². The van der Waals surface area contributed by atoms with Crippen molar-refractivity contribution < 1.29 is 0 Å². The summed E-state index contributed by atoms with van der Waals surface area (Å²) in [5.41, 5.74) is 4.05. The fraction of sp³-hybridized carbons (Fsp3) is 0.583. The van der Waals surface area contributed by atoms with E-state index in [1.165, 1.54) is 30.4 Å². The summed E-state index contributed by atoms with van der Waals surface area (Å²) in [5, 5.41) is 0. The van der Waals surface area contributed by atoms with E-state index in [0.29, 0.717) is 0 Å². The Morgan fingerprint density at radius 3 is 2.62 bits per heavy atom. The molecule has 0 fully saturated rings. The van der Waals surface area contributed by atoms with Gasteiger partial charge in [-0.05, 0) is 43.4 Å². The third-order valence-corrected chi connectivity index (χ3v) is 2.40. The Kier molecular flexibility index (Phi) is 3.94. The molecule has 0 saturated carbocycles. The number of aromatic nitrogens is 1. The Balaban J connectivity index is 2.79. The Hall–Kier alpha value is -0.850. The molecular formula is C12H19N. The molecule has 0 N–H and O–H groups in total. The molecule has 0 radical (unpaired) electrons. The molecule has 0 aliphatic carbocycles. The number of aryl methyl sites for hydroxylation is 3. The fourth-order valence-electron chi connectivity index (χ4n) is 1.57. The van der Waals surface area contributed by atoms with Crippen LogP contribution >= 0.6 is 0 Å². The van der Waals surface area contributed by atoms with Gasteiger partial charge in [0.1, 0.15) is 0 Å². The molecule has 0 unspecified atom stereocenters. The van der Waals surface area contributed by atoms with Crippen LogP contribution in [0.25, 0.3) is 0 Å². The van der Waals surface area contributed by atoms with Crippen LogP contribution in [-0.2, 0) is 12.8 Å². The highest BCUT2D eigenvalue weighted by Gasteiger charge is 2.00. The van der Waals surface area contributed by atoms with Gasteiger partial charge in [0.25, 0.3) is 0 Å². The van der Waals surface area contributed by atoms with Crippen LogP contribution in [0.3, 0.4) is 0 Å². The number of unbranched alkanes of at least 4 members (excludes halogenated alkanes) is 1. The second-order valence-electron chi connectivity index (χ2n) is 3.55. The number of nitrogens with zero attached hydrogens (tertiary/aromatic N) is 1. The molecule has 13 heavy (non-hydrogen) atoms. The highest BCUT2D eigenvalue weighted by atomic mass is 14.7. The largest absolute Gasteiger partial charge is 0.261 e. The lowest BCUT2D eigenvalue weighted by molar-refractivity contribution is 0.782. The second kappa shape index (κ2) is 5.00. The van der Waals surface area contributed by atoms with Crippen molar-refractivity contribution in [2.24, 2.45) is 0 Å². The summed E-state index contributed by atoms with van der Waals surface area (Å²) in [5.74, 6) is 0. The van der Waals surface area contributed by atoms with Gasteiger partial charge in [-0.2, -0.15) is 0 Å². The zero-order chi connectivity index (χ0) is 9.68. The molecule has 0 saturated heterocycles. The van der Waals surface area contributed by atoms with E-state index in [4.69, 9.17) is 0 Å². The van der Waals surface area contributed by atoms with Crippen LogP contribution in [0.2, 0.25) is 0 Å². The summed E-state index contributed by atoms with van der Waals surface area (Å²) in [6.07, 6.45) is 6.90. The third-order valence-electron chi connectivity index (χ3n) is 2.40. The van der Waals surface area contributed by atoms with Crippen molar-refractivity contribution in [3.05, 3.63) is 29.1 Å². The van der Waals surface area contributed by atoms with Gasteiger partial charge >= 0.3 is 0 Å². The minimum atomic E-state index is 1.13. The highest BCUT2D eigenvalue weighted by Crippen LogP contribution is 2.12. The van der Waals surface area contributed by atoms with Gasteiger partial charge in [-0.1, -0.05) is 20.3 Å². The first-order chi connectivity index (χ1) is 6.27. The zero-order valence-corrected chi connectivity index (χ0v) is 8.93. The lowest BCUT2D eigenvalue weighted by Gasteiger charge is -2.07. The Morgan fingerprint density at radius 2 is 2.00 bits per heavy atom. The first-order valence-electron chi connectivity index (χ1n) is 5.22. The minimum Gasteiger partial charge on any atom is -0.261 e. The lowest BCUT2D eigenvalue weighted by Crippen LogP contribution is -1.96. The molecule has 0 amide bonds. The maximum absolute atomic E-state index is 4.34. The standard InChI is InChI=1S/C12H19N/c1-4-6-7-12-9-13-10(3)8-11(12)5-2/h8-9H,4-7H2,1-3H3. The van der Waals surface area contributed by atoms with E-state index in [1.807, 2.05) is 6.20 Å². The van der Waals surface area contributed by atoms with E-state index in [1.54, 1.807) is 0 Å². The predicted octanol–water partition coefficient (Wildman–Crippen LogP) is 3.30. The fourth-order valence-corrected chi connectivity index (χ4v) is 1.57. The Labute approximate surface area is 81.2 Å². The van der Waals surface area contributed by atoms with Crippen molar-refractivity contribution in [3.63, 3.8) is 0 Å². The molecule has 0 spiro atoms. The SMILES string of the molecule is CCCCc1cnc(C)cc1CC. The van der Waals surface area contributed by atoms with Crippen molar-refractivity contribution in [2.75, 3.05) is 0 Å². The quantitative estimate of drug-likeness (QED) is 0.687. The number of rotatable bonds is 4. The summed E-state index contributed by atoms with van der Waals surface area (Å²) in [4.78, 5) is 4.34. The molecule has 0 aliphatic rings. The first-order valence-corrected chi connectivity index (χ1v) is 5.22. The van der Waals surface area contributed by atoms with Gasteiger partial charge in [0, 0.05) is 11.9 Å².